The maximum Gasteiger partial charge on any atom is 0.309 e. The monoisotopic (exact) mass is 334 g/mol. The summed E-state index contributed by atoms with van der Waals surface area (Å²) in [6.07, 6.45) is 3.03. The minimum absolute atomic E-state index is 0.0947. The molecular formula is C15H22N6O3. The van der Waals surface area contributed by atoms with Crippen LogP contribution in [0, 0.1) is 24.0 Å². The van der Waals surface area contributed by atoms with Crippen molar-refractivity contribution in [2.45, 2.75) is 53.2 Å². The summed E-state index contributed by atoms with van der Waals surface area (Å²) in [5.41, 5.74) is 2.14. The Bertz CT molecular complexity index is 763. The molecule has 1 amide bonds. The van der Waals surface area contributed by atoms with E-state index in [2.05, 4.69) is 15.5 Å². The van der Waals surface area contributed by atoms with Gasteiger partial charge in [0.2, 0.25) is 5.91 Å². The first-order valence-electron chi connectivity index (χ1n) is 7.79. The van der Waals surface area contributed by atoms with Crippen LogP contribution in [0.1, 0.15) is 49.8 Å². The second-order valence-electron chi connectivity index (χ2n) is 5.74. The number of nitrogens with one attached hydrogen (secondary N) is 1. The van der Waals surface area contributed by atoms with Crippen molar-refractivity contribution >= 4 is 11.6 Å². The second kappa shape index (κ2) is 6.81. The van der Waals surface area contributed by atoms with Gasteiger partial charge in [0.05, 0.1) is 17.2 Å². The van der Waals surface area contributed by atoms with Crippen LogP contribution in [0.25, 0.3) is 0 Å². The molecule has 130 valence electrons. The SMILES string of the molecule is CCn1ncc(C(C)NC(=O)C(C)n2cc([N+](=O)[O-])c(C)n2)c1C. The third-order valence-corrected chi connectivity index (χ3v) is 4.13. The van der Waals surface area contributed by atoms with Gasteiger partial charge in [0, 0.05) is 17.8 Å². The van der Waals surface area contributed by atoms with Gasteiger partial charge in [-0.3, -0.25) is 24.3 Å². The summed E-state index contributed by atoms with van der Waals surface area (Å²) in [4.78, 5) is 22.8. The summed E-state index contributed by atoms with van der Waals surface area (Å²) in [5.74, 6) is -0.261. The van der Waals surface area contributed by atoms with Crippen LogP contribution in [0.5, 0.6) is 0 Å². The molecule has 0 radical (unpaired) electrons. The Balaban J connectivity index is 2.12. The molecule has 0 saturated heterocycles. The summed E-state index contributed by atoms with van der Waals surface area (Å²) < 4.78 is 3.18. The van der Waals surface area contributed by atoms with Crippen molar-refractivity contribution < 1.29 is 9.72 Å². The minimum Gasteiger partial charge on any atom is -0.348 e. The Morgan fingerprint density at radius 3 is 2.58 bits per heavy atom. The summed E-state index contributed by atoms with van der Waals surface area (Å²) in [7, 11) is 0. The predicted octanol–water partition coefficient (Wildman–Crippen LogP) is 2.06. The van der Waals surface area contributed by atoms with Crippen LogP contribution in [0.15, 0.2) is 12.4 Å². The van der Waals surface area contributed by atoms with Crippen molar-refractivity contribution in [1.82, 2.24) is 24.9 Å². The minimum atomic E-state index is -0.652. The lowest BCUT2D eigenvalue weighted by molar-refractivity contribution is -0.385. The van der Waals surface area contributed by atoms with Gasteiger partial charge in [-0.1, -0.05) is 0 Å². The molecule has 24 heavy (non-hydrogen) atoms. The summed E-state index contributed by atoms with van der Waals surface area (Å²) in [6.45, 7) is 9.80. The molecule has 0 fully saturated rings. The van der Waals surface area contributed by atoms with Crippen LogP contribution in [0.2, 0.25) is 0 Å². The lowest BCUT2D eigenvalue weighted by Gasteiger charge is -2.17. The Labute approximate surface area is 139 Å². The standard InChI is InChI=1S/C15H22N6O3/c1-6-19-11(4)13(7-16-19)9(2)17-15(22)12(5)20-8-14(21(23)24)10(3)18-20/h7-9,12H,6H2,1-5H3,(H,17,22). The first-order chi connectivity index (χ1) is 11.3. The first-order valence-corrected chi connectivity index (χ1v) is 7.79. The third-order valence-electron chi connectivity index (χ3n) is 4.13. The molecule has 0 bridgehead atoms. The molecule has 2 unspecified atom stereocenters. The topological polar surface area (TPSA) is 108 Å². The van der Waals surface area contributed by atoms with Crippen LogP contribution in [0.3, 0.4) is 0 Å². The van der Waals surface area contributed by atoms with Gasteiger partial charge in [0.15, 0.2) is 0 Å². The number of nitro groups is 1. The molecule has 2 rings (SSSR count). The molecule has 0 aliphatic carbocycles. The first kappa shape index (κ1) is 17.6. The molecular weight excluding hydrogens is 312 g/mol. The molecule has 2 aromatic heterocycles. The number of nitrogens with zero attached hydrogens (tertiary/aromatic N) is 5. The molecule has 0 spiro atoms. The van der Waals surface area contributed by atoms with Crippen LogP contribution >= 0.6 is 0 Å². The van der Waals surface area contributed by atoms with Gasteiger partial charge in [-0.05, 0) is 34.6 Å². The van der Waals surface area contributed by atoms with Gasteiger partial charge in [0.1, 0.15) is 17.9 Å². The maximum absolute atomic E-state index is 12.4. The van der Waals surface area contributed by atoms with Gasteiger partial charge >= 0.3 is 5.69 Å². The number of amides is 1. The molecule has 0 aliphatic heterocycles. The Morgan fingerprint density at radius 2 is 2.08 bits per heavy atom. The van der Waals surface area contributed by atoms with E-state index in [-0.39, 0.29) is 23.3 Å². The maximum atomic E-state index is 12.4. The molecule has 9 heteroatoms. The smallest absolute Gasteiger partial charge is 0.309 e. The molecule has 1 N–H and O–H groups in total. The van der Waals surface area contributed by atoms with Crippen molar-refractivity contribution in [1.29, 1.82) is 0 Å². The van der Waals surface area contributed by atoms with E-state index in [0.29, 0.717) is 0 Å². The summed E-state index contributed by atoms with van der Waals surface area (Å²) >= 11 is 0. The number of aryl methyl sites for hydroxylation is 2. The zero-order valence-corrected chi connectivity index (χ0v) is 14.5. The van der Waals surface area contributed by atoms with Crippen molar-refractivity contribution in [3.05, 3.63) is 39.5 Å². The molecule has 9 nitrogen and oxygen atoms in total. The highest BCUT2D eigenvalue weighted by Crippen LogP contribution is 2.20. The van der Waals surface area contributed by atoms with Crippen LogP contribution in [-0.4, -0.2) is 30.4 Å². The van der Waals surface area contributed by atoms with Crippen LogP contribution < -0.4 is 5.32 Å². The number of carbonyl (C=O) groups is 1. The summed E-state index contributed by atoms with van der Waals surface area (Å²) in [6, 6.07) is -0.867. The van der Waals surface area contributed by atoms with E-state index in [1.54, 1.807) is 20.0 Å². The number of carbonyl (C=O) groups excluding carboxylic acids is 1. The number of aromatic nitrogens is 4. The largest absolute Gasteiger partial charge is 0.348 e. The average molecular weight is 334 g/mol. The molecule has 0 aliphatic rings. The van der Waals surface area contributed by atoms with Gasteiger partial charge < -0.3 is 5.32 Å². The molecule has 2 aromatic rings. The fourth-order valence-electron chi connectivity index (χ4n) is 2.59. The van der Waals surface area contributed by atoms with Crippen molar-refractivity contribution in [2.24, 2.45) is 0 Å². The predicted molar refractivity (Wildman–Crippen MR) is 87.5 cm³/mol. The van der Waals surface area contributed by atoms with Crippen molar-refractivity contribution in [3.63, 3.8) is 0 Å². The van der Waals surface area contributed by atoms with E-state index in [9.17, 15) is 14.9 Å². The van der Waals surface area contributed by atoms with E-state index in [0.717, 1.165) is 17.8 Å². The van der Waals surface area contributed by atoms with Gasteiger partial charge in [0.25, 0.3) is 0 Å². The van der Waals surface area contributed by atoms with E-state index in [4.69, 9.17) is 0 Å². The lowest BCUT2D eigenvalue weighted by Crippen LogP contribution is -2.33. The Morgan fingerprint density at radius 1 is 1.42 bits per heavy atom. The quantitative estimate of drug-likeness (QED) is 0.642. The van der Waals surface area contributed by atoms with Gasteiger partial charge in [-0.15, -0.1) is 0 Å². The zero-order chi connectivity index (χ0) is 18.0. The third kappa shape index (κ3) is 3.29. The number of hydrogen-bond acceptors (Lipinski definition) is 5. The van der Waals surface area contributed by atoms with E-state index in [1.807, 2.05) is 25.5 Å². The Kier molecular flexibility index (Phi) is 5.01. The second-order valence-corrected chi connectivity index (χ2v) is 5.74. The van der Waals surface area contributed by atoms with E-state index >= 15 is 0 Å². The molecule has 2 atom stereocenters. The molecule has 0 aromatic carbocycles. The molecule has 0 saturated carbocycles. The normalized spacial score (nSPS) is 13.5. The van der Waals surface area contributed by atoms with Crippen LogP contribution in [-0.2, 0) is 11.3 Å². The Hall–Kier alpha value is -2.71. The van der Waals surface area contributed by atoms with Crippen LogP contribution in [0.4, 0.5) is 5.69 Å². The fraction of sp³-hybridized carbons (Fsp3) is 0.533. The molecule has 2 heterocycles. The highest BCUT2D eigenvalue weighted by Gasteiger charge is 2.24. The summed E-state index contributed by atoms with van der Waals surface area (Å²) in [5, 5.41) is 22.1. The van der Waals surface area contributed by atoms with Gasteiger partial charge in [-0.2, -0.15) is 10.2 Å². The number of rotatable bonds is 6. The highest BCUT2D eigenvalue weighted by atomic mass is 16.6. The van der Waals surface area contributed by atoms with E-state index in [1.165, 1.54) is 10.9 Å². The van der Waals surface area contributed by atoms with Crippen molar-refractivity contribution in [2.75, 3.05) is 0 Å². The average Bonchev–Trinajstić information content (AvgIpc) is 3.09. The highest BCUT2D eigenvalue weighted by molar-refractivity contribution is 5.80. The van der Waals surface area contributed by atoms with E-state index < -0.39 is 11.0 Å². The fourth-order valence-corrected chi connectivity index (χ4v) is 2.59. The van der Waals surface area contributed by atoms with Crippen molar-refractivity contribution in [3.8, 4) is 0 Å². The van der Waals surface area contributed by atoms with Gasteiger partial charge in [-0.25, -0.2) is 0 Å². The lowest BCUT2D eigenvalue weighted by atomic mass is 10.1. The zero-order valence-electron chi connectivity index (χ0n) is 14.5. The number of hydrogen-bond donors (Lipinski definition) is 1.